The Morgan fingerprint density at radius 2 is 2.07 bits per heavy atom. The predicted molar refractivity (Wildman–Crippen MR) is 71.6 cm³/mol. The highest BCUT2D eigenvalue weighted by Crippen LogP contribution is 2.33. The first-order chi connectivity index (χ1) is 6.97. The van der Waals surface area contributed by atoms with E-state index in [-0.39, 0.29) is 0 Å². The van der Waals surface area contributed by atoms with Gasteiger partial charge < -0.3 is 4.90 Å². The van der Waals surface area contributed by atoms with Crippen molar-refractivity contribution in [3.63, 3.8) is 0 Å². The summed E-state index contributed by atoms with van der Waals surface area (Å²) >= 11 is 3.61. The van der Waals surface area contributed by atoms with Gasteiger partial charge in [-0.15, -0.1) is 0 Å². The van der Waals surface area contributed by atoms with E-state index < -0.39 is 0 Å². The van der Waals surface area contributed by atoms with Crippen molar-refractivity contribution in [3.05, 3.63) is 0 Å². The van der Waals surface area contributed by atoms with Gasteiger partial charge in [0, 0.05) is 18.4 Å². The van der Waals surface area contributed by atoms with Crippen LogP contribution in [0.1, 0.15) is 40.5 Å². The Morgan fingerprint density at radius 3 is 2.47 bits per heavy atom. The molecule has 2 unspecified atom stereocenters. The molecule has 0 N–H and O–H groups in total. The summed E-state index contributed by atoms with van der Waals surface area (Å²) in [7, 11) is 0. The number of rotatable bonds is 4. The second kappa shape index (κ2) is 5.67. The van der Waals surface area contributed by atoms with E-state index in [2.05, 4.69) is 48.5 Å². The van der Waals surface area contributed by atoms with Gasteiger partial charge in [0.2, 0.25) is 0 Å². The van der Waals surface area contributed by atoms with Gasteiger partial charge in [0.1, 0.15) is 0 Å². The fourth-order valence-corrected chi connectivity index (χ4v) is 3.02. The Kier molecular flexibility index (Phi) is 5.11. The molecular weight excluding hydrogens is 250 g/mol. The molecule has 0 aromatic rings. The molecule has 0 aromatic heterocycles. The van der Waals surface area contributed by atoms with Crippen LogP contribution >= 0.6 is 15.9 Å². The molecule has 0 spiro atoms. The summed E-state index contributed by atoms with van der Waals surface area (Å²) in [5.41, 5.74) is 0.491. The van der Waals surface area contributed by atoms with Crippen LogP contribution in [0.15, 0.2) is 0 Å². The molecule has 2 atom stereocenters. The maximum atomic E-state index is 3.61. The van der Waals surface area contributed by atoms with Gasteiger partial charge in [0.25, 0.3) is 0 Å². The quantitative estimate of drug-likeness (QED) is 0.706. The van der Waals surface area contributed by atoms with E-state index in [4.69, 9.17) is 0 Å². The van der Waals surface area contributed by atoms with Crippen LogP contribution in [-0.2, 0) is 0 Å². The zero-order valence-electron chi connectivity index (χ0n) is 10.7. The number of halogens is 1. The number of hydrogen-bond donors (Lipinski definition) is 0. The minimum Gasteiger partial charge on any atom is -0.303 e. The first-order valence-corrected chi connectivity index (χ1v) is 7.37. The summed E-state index contributed by atoms with van der Waals surface area (Å²) in [4.78, 5) is 2.66. The lowest BCUT2D eigenvalue weighted by Gasteiger charge is -2.28. The van der Waals surface area contributed by atoms with Gasteiger partial charge in [-0.1, -0.05) is 50.0 Å². The van der Waals surface area contributed by atoms with Crippen LogP contribution in [0.5, 0.6) is 0 Å². The number of likely N-dealkylation sites (tertiary alicyclic amines) is 1. The fourth-order valence-electron chi connectivity index (χ4n) is 2.36. The van der Waals surface area contributed by atoms with Gasteiger partial charge in [-0.2, -0.15) is 0 Å². The maximum Gasteiger partial charge on any atom is 0.00717 e. The van der Waals surface area contributed by atoms with E-state index in [9.17, 15) is 0 Å². The largest absolute Gasteiger partial charge is 0.303 e. The Hall–Kier alpha value is 0.440. The highest BCUT2D eigenvalue weighted by molar-refractivity contribution is 9.09. The zero-order valence-corrected chi connectivity index (χ0v) is 12.3. The third-order valence-corrected chi connectivity index (χ3v) is 4.72. The van der Waals surface area contributed by atoms with Gasteiger partial charge in [-0.3, -0.25) is 0 Å². The Morgan fingerprint density at radius 1 is 1.40 bits per heavy atom. The summed E-state index contributed by atoms with van der Waals surface area (Å²) in [5, 5.41) is 1.15. The Balaban J connectivity index is 2.36. The van der Waals surface area contributed by atoms with Crippen LogP contribution in [0.4, 0.5) is 0 Å². The molecule has 1 heterocycles. The lowest BCUT2D eigenvalue weighted by atomic mass is 9.80. The highest BCUT2D eigenvalue weighted by atomic mass is 79.9. The molecule has 1 rings (SSSR count). The van der Waals surface area contributed by atoms with E-state index in [1.807, 2.05) is 0 Å². The Labute approximate surface area is 104 Å². The Bertz CT molecular complexity index is 181. The molecule has 0 bridgehead atoms. The topological polar surface area (TPSA) is 3.24 Å². The lowest BCUT2D eigenvalue weighted by molar-refractivity contribution is 0.217. The van der Waals surface area contributed by atoms with Gasteiger partial charge in [0.15, 0.2) is 0 Å². The number of nitrogens with zero attached hydrogens (tertiary/aromatic N) is 1. The first-order valence-electron chi connectivity index (χ1n) is 6.25. The van der Waals surface area contributed by atoms with Crippen LogP contribution in [0.2, 0.25) is 0 Å². The van der Waals surface area contributed by atoms with Gasteiger partial charge >= 0.3 is 0 Å². The molecule has 1 nitrogen and oxygen atoms in total. The molecule has 1 aliphatic heterocycles. The van der Waals surface area contributed by atoms with Crippen LogP contribution < -0.4 is 0 Å². The smallest absolute Gasteiger partial charge is 0.00717 e. The summed E-state index contributed by atoms with van der Waals surface area (Å²) < 4.78 is 0. The molecule has 15 heavy (non-hydrogen) atoms. The average molecular weight is 276 g/mol. The SMILES string of the molecule is CCC(CBr)CN1CCC(C(C)(C)C)C1. The van der Waals surface area contributed by atoms with E-state index in [0.717, 1.165) is 17.2 Å². The average Bonchev–Trinajstić information content (AvgIpc) is 2.61. The molecular formula is C13H26BrN. The molecule has 1 saturated heterocycles. The summed E-state index contributed by atoms with van der Waals surface area (Å²) in [5.74, 6) is 1.73. The van der Waals surface area contributed by atoms with Crippen molar-refractivity contribution >= 4 is 15.9 Å². The van der Waals surface area contributed by atoms with E-state index >= 15 is 0 Å². The van der Waals surface area contributed by atoms with Crippen molar-refractivity contribution in [2.24, 2.45) is 17.3 Å². The van der Waals surface area contributed by atoms with Crippen molar-refractivity contribution in [2.75, 3.05) is 25.0 Å². The molecule has 90 valence electrons. The fraction of sp³-hybridized carbons (Fsp3) is 1.00. The standard InChI is InChI=1S/C13H26BrN/c1-5-11(8-14)9-15-7-6-12(10-15)13(2,3)4/h11-12H,5-10H2,1-4H3. The van der Waals surface area contributed by atoms with Crippen molar-refractivity contribution in [3.8, 4) is 0 Å². The van der Waals surface area contributed by atoms with E-state index in [0.29, 0.717) is 5.41 Å². The number of hydrogen-bond acceptors (Lipinski definition) is 1. The minimum atomic E-state index is 0.491. The van der Waals surface area contributed by atoms with Crippen LogP contribution in [-0.4, -0.2) is 29.9 Å². The van der Waals surface area contributed by atoms with E-state index in [1.54, 1.807) is 0 Å². The minimum absolute atomic E-state index is 0.491. The van der Waals surface area contributed by atoms with Crippen LogP contribution in [0.25, 0.3) is 0 Å². The summed E-state index contributed by atoms with van der Waals surface area (Å²) in [6.07, 6.45) is 2.68. The highest BCUT2D eigenvalue weighted by Gasteiger charge is 2.32. The van der Waals surface area contributed by atoms with Crippen LogP contribution in [0.3, 0.4) is 0 Å². The van der Waals surface area contributed by atoms with Crippen molar-refractivity contribution in [1.82, 2.24) is 4.90 Å². The molecule has 0 radical (unpaired) electrons. The lowest BCUT2D eigenvalue weighted by Crippen LogP contribution is -2.30. The summed E-state index contributed by atoms with van der Waals surface area (Å²) in [6.45, 7) is 13.3. The molecule has 0 aromatic carbocycles. The molecule has 1 aliphatic rings. The molecule has 0 saturated carbocycles. The van der Waals surface area contributed by atoms with Gasteiger partial charge in [0.05, 0.1) is 0 Å². The molecule has 0 aliphatic carbocycles. The molecule has 2 heteroatoms. The maximum absolute atomic E-state index is 3.61. The van der Waals surface area contributed by atoms with Gasteiger partial charge in [-0.05, 0) is 30.2 Å². The van der Waals surface area contributed by atoms with Crippen molar-refractivity contribution < 1.29 is 0 Å². The monoisotopic (exact) mass is 275 g/mol. The summed E-state index contributed by atoms with van der Waals surface area (Å²) in [6, 6.07) is 0. The third kappa shape index (κ3) is 4.07. The second-order valence-corrected chi connectivity index (χ2v) is 6.69. The van der Waals surface area contributed by atoms with Crippen LogP contribution in [0, 0.1) is 17.3 Å². The zero-order chi connectivity index (χ0) is 11.5. The second-order valence-electron chi connectivity index (χ2n) is 6.04. The van der Waals surface area contributed by atoms with Gasteiger partial charge in [-0.25, -0.2) is 0 Å². The molecule has 0 amide bonds. The van der Waals surface area contributed by atoms with E-state index in [1.165, 1.54) is 32.5 Å². The molecule has 1 fully saturated rings. The van der Waals surface area contributed by atoms with Crippen molar-refractivity contribution in [1.29, 1.82) is 0 Å². The first kappa shape index (κ1) is 13.5. The number of alkyl halides is 1. The third-order valence-electron chi connectivity index (χ3n) is 3.81. The van der Waals surface area contributed by atoms with Crippen molar-refractivity contribution in [2.45, 2.75) is 40.5 Å². The predicted octanol–water partition coefficient (Wildman–Crippen LogP) is 3.78. The normalized spacial score (nSPS) is 25.8.